The monoisotopic (exact) mass is 266 g/mol. The second-order valence-electron chi connectivity index (χ2n) is 4.24. The molecule has 0 amide bonds. The Morgan fingerprint density at radius 2 is 2.15 bits per heavy atom. The summed E-state index contributed by atoms with van der Waals surface area (Å²) in [5, 5.41) is 0. The molecule has 0 bridgehead atoms. The Hall–Kier alpha value is -2.67. The quantitative estimate of drug-likeness (QED) is 0.668. The Morgan fingerprint density at radius 1 is 1.20 bits per heavy atom. The van der Waals surface area contributed by atoms with Gasteiger partial charge in [0.25, 0.3) is 0 Å². The first kappa shape index (κ1) is 12.4. The van der Waals surface area contributed by atoms with Gasteiger partial charge in [0.1, 0.15) is 17.0 Å². The van der Waals surface area contributed by atoms with E-state index in [0.29, 0.717) is 29.8 Å². The molecule has 0 spiro atoms. The number of hydrogen-bond donors (Lipinski definition) is 0. The normalized spacial score (nSPS) is 10.2. The van der Waals surface area contributed by atoms with Crippen LogP contribution in [0.15, 0.2) is 47.0 Å². The van der Waals surface area contributed by atoms with Crippen molar-refractivity contribution >= 4 is 11.1 Å². The molecule has 3 aromatic rings. The molecule has 0 atom stereocenters. The zero-order chi connectivity index (χ0) is 13.8. The van der Waals surface area contributed by atoms with Crippen LogP contribution in [0.1, 0.15) is 18.0 Å². The molecule has 1 aromatic carbocycles. The SMILES string of the molecule is Fc1ccc2nc(CCC#Cc3ccccn3)oc2c1. The lowest BCUT2D eigenvalue weighted by Gasteiger charge is -1.88. The van der Waals surface area contributed by atoms with Crippen LogP contribution in [0.2, 0.25) is 0 Å². The van der Waals surface area contributed by atoms with E-state index in [-0.39, 0.29) is 5.82 Å². The van der Waals surface area contributed by atoms with Crippen molar-refractivity contribution in [3.63, 3.8) is 0 Å². The number of halogens is 1. The van der Waals surface area contributed by atoms with Gasteiger partial charge in [-0.15, -0.1) is 0 Å². The lowest BCUT2D eigenvalue weighted by Crippen LogP contribution is -1.83. The summed E-state index contributed by atoms with van der Waals surface area (Å²) in [4.78, 5) is 8.40. The minimum absolute atomic E-state index is 0.324. The third kappa shape index (κ3) is 2.83. The molecule has 0 fully saturated rings. The summed E-state index contributed by atoms with van der Waals surface area (Å²) in [6, 6.07) is 9.92. The summed E-state index contributed by atoms with van der Waals surface area (Å²) < 4.78 is 18.5. The van der Waals surface area contributed by atoms with Gasteiger partial charge in [-0.1, -0.05) is 12.0 Å². The van der Waals surface area contributed by atoms with Crippen molar-refractivity contribution in [1.82, 2.24) is 9.97 Å². The van der Waals surface area contributed by atoms with Crippen LogP contribution >= 0.6 is 0 Å². The van der Waals surface area contributed by atoms with Crippen LogP contribution in [0.25, 0.3) is 11.1 Å². The molecule has 3 nitrogen and oxygen atoms in total. The number of oxazole rings is 1. The van der Waals surface area contributed by atoms with E-state index in [2.05, 4.69) is 21.8 Å². The molecule has 3 rings (SSSR count). The number of hydrogen-bond acceptors (Lipinski definition) is 3. The maximum Gasteiger partial charge on any atom is 0.196 e. The molecule has 2 heterocycles. The first-order valence-corrected chi connectivity index (χ1v) is 6.26. The van der Waals surface area contributed by atoms with E-state index in [0.717, 1.165) is 5.69 Å². The molecule has 0 unspecified atom stereocenters. The van der Waals surface area contributed by atoms with E-state index < -0.39 is 0 Å². The molecule has 4 heteroatoms. The highest BCUT2D eigenvalue weighted by molar-refractivity contribution is 5.72. The van der Waals surface area contributed by atoms with Crippen LogP contribution in [0.5, 0.6) is 0 Å². The van der Waals surface area contributed by atoms with Gasteiger partial charge in [-0.05, 0) is 30.2 Å². The lowest BCUT2D eigenvalue weighted by atomic mass is 10.3. The van der Waals surface area contributed by atoms with Crippen LogP contribution in [-0.4, -0.2) is 9.97 Å². The molecule has 20 heavy (non-hydrogen) atoms. The van der Waals surface area contributed by atoms with E-state index in [1.165, 1.54) is 12.1 Å². The molecule has 0 N–H and O–H groups in total. The molecule has 0 saturated heterocycles. The van der Waals surface area contributed by atoms with Crippen LogP contribution in [0, 0.1) is 17.7 Å². The van der Waals surface area contributed by atoms with Crippen molar-refractivity contribution in [2.75, 3.05) is 0 Å². The number of aromatic nitrogens is 2. The minimum atomic E-state index is -0.324. The average Bonchev–Trinajstić information content (AvgIpc) is 2.86. The van der Waals surface area contributed by atoms with Crippen LogP contribution < -0.4 is 0 Å². The molecule has 2 aromatic heterocycles. The fourth-order valence-corrected chi connectivity index (χ4v) is 1.81. The van der Waals surface area contributed by atoms with Gasteiger partial charge in [-0.25, -0.2) is 14.4 Å². The number of benzene rings is 1. The topological polar surface area (TPSA) is 38.9 Å². The fourth-order valence-electron chi connectivity index (χ4n) is 1.81. The molecular formula is C16H11FN2O. The van der Waals surface area contributed by atoms with Crippen molar-refractivity contribution in [3.8, 4) is 11.8 Å². The Balaban J connectivity index is 1.67. The fraction of sp³-hybridized carbons (Fsp3) is 0.125. The largest absolute Gasteiger partial charge is 0.441 e. The highest BCUT2D eigenvalue weighted by Crippen LogP contribution is 2.17. The summed E-state index contributed by atoms with van der Waals surface area (Å²) in [5.41, 5.74) is 1.88. The van der Waals surface area contributed by atoms with E-state index in [1.807, 2.05) is 18.2 Å². The molecule has 0 aliphatic rings. The first-order chi connectivity index (χ1) is 9.81. The number of aryl methyl sites for hydroxylation is 1. The third-order valence-corrected chi connectivity index (χ3v) is 2.74. The molecule has 0 radical (unpaired) electrons. The summed E-state index contributed by atoms with van der Waals surface area (Å²) in [5.74, 6) is 6.23. The molecule has 98 valence electrons. The Morgan fingerprint density at radius 3 is 3.00 bits per heavy atom. The highest BCUT2D eigenvalue weighted by Gasteiger charge is 2.05. The van der Waals surface area contributed by atoms with Gasteiger partial charge >= 0.3 is 0 Å². The summed E-state index contributed by atoms with van der Waals surface area (Å²) in [7, 11) is 0. The summed E-state index contributed by atoms with van der Waals surface area (Å²) in [6.07, 6.45) is 2.92. The number of fused-ring (bicyclic) bond motifs is 1. The smallest absolute Gasteiger partial charge is 0.196 e. The zero-order valence-corrected chi connectivity index (χ0v) is 10.6. The number of pyridine rings is 1. The van der Waals surface area contributed by atoms with Crippen molar-refractivity contribution in [3.05, 3.63) is 60.0 Å². The Labute approximate surface area is 115 Å². The second kappa shape index (κ2) is 5.54. The molecule has 0 aliphatic carbocycles. The van der Waals surface area contributed by atoms with Gasteiger partial charge in [0.2, 0.25) is 0 Å². The summed E-state index contributed by atoms with van der Waals surface area (Å²) >= 11 is 0. The third-order valence-electron chi connectivity index (χ3n) is 2.74. The standard InChI is InChI=1S/C16H11FN2O/c17-12-8-9-14-15(11-12)20-16(19-14)7-2-1-5-13-6-3-4-10-18-13/h3-4,6,8-11H,2,7H2. The van der Waals surface area contributed by atoms with Gasteiger partial charge in [0.15, 0.2) is 11.5 Å². The van der Waals surface area contributed by atoms with Crippen molar-refractivity contribution in [2.24, 2.45) is 0 Å². The van der Waals surface area contributed by atoms with E-state index in [9.17, 15) is 4.39 Å². The highest BCUT2D eigenvalue weighted by atomic mass is 19.1. The van der Waals surface area contributed by atoms with E-state index >= 15 is 0 Å². The second-order valence-corrected chi connectivity index (χ2v) is 4.24. The first-order valence-electron chi connectivity index (χ1n) is 6.26. The van der Waals surface area contributed by atoms with Crippen molar-refractivity contribution in [2.45, 2.75) is 12.8 Å². The van der Waals surface area contributed by atoms with Gasteiger partial charge in [0, 0.05) is 25.1 Å². The zero-order valence-electron chi connectivity index (χ0n) is 10.6. The maximum atomic E-state index is 13.0. The van der Waals surface area contributed by atoms with E-state index in [1.54, 1.807) is 12.3 Å². The van der Waals surface area contributed by atoms with Crippen LogP contribution in [0.3, 0.4) is 0 Å². The van der Waals surface area contributed by atoms with Crippen LogP contribution in [-0.2, 0) is 6.42 Å². The van der Waals surface area contributed by atoms with E-state index in [4.69, 9.17) is 4.42 Å². The molecule has 0 saturated carbocycles. The maximum absolute atomic E-state index is 13.0. The van der Waals surface area contributed by atoms with Gasteiger partial charge in [-0.3, -0.25) is 0 Å². The van der Waals surface area contributed by atoms with Gasteiger partial charge in [-0.2, -0.15) is 0 Å². The van der Waals surface area contributed by atoms with Gasteiger partial charge in [0.05, 0.1) is 0 Å². The lowest BCUT2D eigenvalue weighted by molar-refractivity contribution is 0.528. The van der Waals surface area contributed by atoms with Gasteiger partial charge < -0.3 is 4.42 Å². The predicted octanol–water partition coefficient (Wildman–Crippen LogP) is 3.35. The Bertz CT molecular complexity index is 784. The average molecular weight is 266 g/mol. The predicted molar refractivity (Wildman–Crippen MR) is 73.4 cm³/mol. The van der Waals surface area contributed by atoms with Crippen LogP contribution in [0.4, 0.5) is 4.39 Å². The van der Waals surface area contributed by atoms with Crippen molar-refractivity contribution < 1.29 is 8.81 Å². The minimum Gasteiger partial charge on any atom is -0.441 e. The van der Waals surface area contributed by atoms with Crippen molar-refractivity contribution in [1.29, 1.82) is 0 Å². The molecule has 0 aliphatic heterocycles. The Kier molecular flexibility index (Phi) is 3.42. The summed E-state index contributed by atoms with van der Waals surface area (Å²) in [6.45, 7) is 0. The number of nitrogens with zero attached hydrogens (tertiary/aromatic N) is 2. The number of rotatable bonds is 2. The molecular weight excluding hydrogens is 255 g/mol.